The van der Waals surface area contributed by atoms with Gasteiger partial charge in [-0.2, -0.15) is 18.3 Å². The van der Waals surface area contributed by atoms with Gasteiger partial charge in [0, 0.05) is 32.6 Å². The molecule has 3 rings (SSSR count). The highest BCUT2D eigenvalue weighted by molar-refractivity contribution is 8.01. The lowest BCUT2D eigenvalue weighted by Crippen LogP contribution is -2.33. The number of aliphatic hydroxyl groups is 1. The molecule has 4 nitrogen and oxygen atoms in total. The first-order valence-electron chi connectivity index (χ1n) is 8.58. The molecule has 0 saturated carbocycles. The molecule has 2 unspecified atom stereocenters. The van der Waals surface area contributed by atoms with Crippen molar-refractivity contribution < 1.29 is 18.3 Å². The van der Waals surface area contributed by atoms with Crippen molar-refractivity contribution in [2.75, 3.05) is 11.9 Å². The van der Waals surface area contributed by atoms with Crippen molar-refractivity contribution in [1.82, 2.24) is 9.78 Å². The van der Waals surface area contributed by atoms with Gasteiger partial charge in [-0.1, -0.05) is 29.3 Å². The lowest BCUT2D eigenvalue weighted by Gasteiger charge is -2.27. The van der Waals surface area contributed by atoms with Crippen LogP contribution in [0.15, 0.2) is 18.2 Å². The number of rotatable bonds is 3. The maximum absolute atomic E-state index is 12.8. The number of aromatic nitrogens is 2. The van der Waals surface area contributed by atoms with Gasteiger partial charge in [-0.05, 0) is 38.5 Å². The Hall–Kier alpha value is -1.09. The number of nitrogens with one attached hydrogen (secondary N) is 1. The van der Waals surface area contributed by atoms with Gasteiger partial charge in [-0.15, -0.1) is 11.8 Å². The summed E-state index contributed by atoms with van der Waals surface area (Å²) >= 11 is 14.1. The maximum Gasteiger partial charge on any atom is 0.416 e. The van der Waals surface area contributed by atoms with E-state index in [2.05, 4.69) is 24.3 Å². The summed E-state index contributed by atoms with van der Waals surface area (Å²) in [4.78, 5) is 0. The summed E-state index contributed by atoms with van der Waals surface area (Å²) in [6.45, 7) is 5.75. The highest BCUT2D eigenvalue weighted by atomic mass is 35.5. The number of anilines is 1. The first-order chi connectivity index (χ1) is 12.9. The first-order valence-corrected chi connectivity index (χ1v) is 10.2. The Balaban J connectivity index is 2.08. The second kappa shape index (κ2) is 7.63. The summed E-state index contributed by atoms with van der Waals surface area (Å²) in [5, 5.41) is 17.8. The van der Waals surface area contributed by atoms with E-state index < -0.39 is 18.8 Å². The van der Waals surface area contributed by atoms with E-state index in [1.165, 1.54) is 4.68 Å². The average Bonchev–Trinajstić information content (AvgIpc) is 2.79. The third kappa shape index (κ3) is 4.40. The minimum atomic E-state index is -4.71. The zero-order valence-electron chi connectivity index (χ0n) is 15.4. The SMILES string of the molecule is Cc1c2c(nn1CC(O)C(F)(F)F)NCC(C)(C)SC2c1ccc(Cl)cc1Cl. The van der Waals surface area contributed by atoms with Crippen LogP contribution in [0.5, 0.6) is 0 Å². The van der Waals surface area contributed by atoms with E-state index in [0.29, 0.717) is 28.1 Å². The summed E-state index contributed by atoms with van der Waals surface area (Å²) in [6.07, 6.45) is -7.20. The lowest BCUT2D eigenvalue weighted by atomic mass is 10.0. The fraction of sp³-hybridized carbons (Fsp3) is 0.500. The van der Waals surface area contributed by atoms with Crippen LogP contribution in [0.2, 0.25) is 10.0 Å². The second-order valence-electron chi connectivity index (χ2n) is 7.36. The largest absolute Gasteiger partial charge is 0.416 e. The molecule has 0 radical (unpaired) electrons. The molecular weight excluding hydrogens is 434 g/mol. The fourth-order valence-electron chi connectivity index (χ4n) is 3.10. The molecule has 154 valence electrons. The van der Waals surface area contributed by atoms with Crippen LogP contribution in [-0.2, 0) is 6.54 Å². The summed E-state index contributed by atoms with van der Waals surface area (Å²) in [5.74, 6) is 0.501. The van der Waals surface area contributed by atoms with Crippen LogP contribution >= 0.6 is 35.0 Å². The fourth-order valence-corrected chi connectivity index (χ4v) is 5.21. The van der Waals surface area contributed by atoms with Crippen LogP contribution in [0.4, 0.5) is 19.0 Å². The number of halogens is 5. The zero-order chi connectivity index (χ0) is 20.9. The summed E-state index contributed by atoms with van der Waals surface area (Å²) in [7, 11) is 0. The van der Waals surface area contributed by atoms with E-state index in [1.54, 1.807) is 30.8 Å². The number of aliphatic hydroxyl groups excluding tert-OH is 1. The molecule has 0 spiro atoms. The van der Waals surface area contributed by atoms with Crippen molar-refractivity contribution in [3.05, 3.63) is 45.1 Å². The van der Waals surface area contributed by atoms with Gasteiger partial charge in [0.25, 0.3) is 0 Å². The molecule has 10 heteroatoms. The van der Waals surface area contributed by atoms with E-state index >= 15 is 0 Å². The summed E-state index contributed by atoms with van der Waals surface area (Å²) < 4.78 is 39.4. The van der Waals surface area contributed by atoms with Crippen molar-refractivity contribution in [1.29, 1.82) is 0 Å². The van der Waals surface area contributed by atoms with Crippen LogP contribution in [0, 0.1) is 6.92 Å². The Bertz CT molecular complexity index is 886. The highest BCUT2D eigenvalue weighted by Gasteiger charge is 2.40. The smallest absolute Gasteiger partial charge is 0.382 e. The van der Waals surface area contributed by atoms with E-state index in [1.807, 2.05) is 6.07 Å². The number of hydrogen-bond acceptors (Lipinski definition) is 4. The molecule has 2 atom stereocenters. The molecule has 1 aromatic heterocycles. The number of alkyl halides is 3. The second-order valence-corrected chi connectivity index (χ2v) is 10.0. The zero-order valence-corrected chi connectivity index (χ0v) is 17.8. The molecule has 1 aromatic carbocycles. The number of benzene rings is 1. The molecular formula is C18H20Cl2F3N3OS. The van der Waals surface area contributed by atoms with Crippen LogP contribution < -0.4 is 5.32 Å². The normalized spacial score (nSPS) is 20.2. The number of hydrogen-bond donors (Lipinski definition) is 2. The first kappa shape index (κ1) is 21.6. The van der Waals surface area contributed by atoms with Crippen LogP contribution in [0.3, 0.4) is 0 Å². The quantitative estimate of drug-likeness (QED) is 0.648. The van der Waals surface area contributed by atoms with Gasteiger partial charge in [-0.25, -0.2) is 0 Å². The maximum atomic E-state index is 12.8. The Kier molecular flexibility index (Phi) is 5.89. The molecule has 28 heavy (non-hydrogen) atoms. The number of thioether (sulfide) groups is 1. The van der Waals surface area contributed by atoms with Crippen molar-refractivity contribution in [2.45, 2.75) is 49.6 Å². The molecule has 1 aliphatic heterocycles. The predicted octanol–water partition coefficient (Wildman–Crippen LogP) is 5.45. The summed E-state index contributed by atoms with van der Waals surface area (Å²) in [5.41, 5.74) is 2.12. The Labute approximate surface area is 175 Å². The predicted molar refractivity (Wildman–Crippen MR) is 107 cm³/mol. The molecule has 0 bridgehead atoms. The number of nitrogens with zero attached hydrogens (tertiary/aromatic N) is 2. The van der Waals surface area contributed by atoms with Gasteiger partial charge in [0.15, 0.2) is 11.9 Å². The Morgan fingerprint density at radius 2 is 2.07 bits per heavy atom. The van der Waals surface area contributed by atoms with Crippen LogP contribution in [0.25, 0.3) is 0 Å². The van der Waals surface area contributed by atoms with Gasteiger partial charge in [0.05, 0.1) is 11.8 Å². The van der Waals surface area contributed by atoms with E-state index in [-0.39, 0.29) is 10.00 Å². The molecule has 2 N–H and O–H groups in total. The molecule has 1 aliphatic rings. The van der Waals surface area contributed by atoms with Gasteiger partial charge >= 0.3 is 6.18 Å². The van der Waals surface area contributed by atoms with E-state index in [9.17, 15) is 18.3 Å². The molecule has 0 saturated heterocycles. The highest BCUT2D eigenvalue weighted by Crippen LogP contribution is 2.50. The Morgan fingerprint density at radius 1 is 1.39 bits per heavy atom. The van der Waals surface area contributed by atoms with E-state index in [4.69, 9.17) is 23.2 Å². The van der Waals surface area contributed by atoms with Gasteiger partial charge in [0.2, 0.25) is 0 Å². The van der Waals surface area contributed by atoms with Crippen molar-refractivity contribution >= 4 is 40.8 Å². The molecule has 2 heterocycles. The molecule has 0 aliphatic carbocycles. The molecule has 2 aromatic rings. The van der Waals surface area contributed by atoms with Crippen molar-refractivity contribution in [3.63, 3.8) is 0 Å². The number of fused-ring (bicyclic) bond motifs is 1. The molecule has 0 amide bonds. The minimum Gasteiger partial charge on any atom is -0.382 e. The monoisotopic (exact) mass is 453 g/mol. The van der Waals surface area contributed by atoms with E-state index in [0.717, 1.165) is 11.1 Å². The molecule has 0 fully saturated rings. The Morgan fingerprint density at radius 3 is 2.68 bits per heavy atom. The summed E-state index contributed by atoms with van der Waals surface area (Å²) in [6, 6.07) is 5.22. The van der Waals surface area contributed by atoms with Crippen molar-refractivity contribution in [3.8, 4) is 0 Å². The topological polar surface area (TPSA) is 50.1 Å². The van der Waals surface area contributed by atoms with Crippen LogP contribution in [0.1, 0.15) is 35.9 Å². The lowest BCUT2D eigenvalue weighted by molar-refractivity contribution is -0.208. The standard InChI is InChI=1S/C18H20Cl2F3N3OS/c1-9-14-15(11-5-4-10(19)6-12(11)20)28-17(2,3)8-24-16(14)25-26(9)7-13(27)18(21,22)23/h4-6,13,15,27H,7-8H2,1-3H3,(H,24,25). The van der Waals surface area contributed by atoms with Gasteiger partial charge < -0.3 is 10.4 Å². The van der Waals surface area contributed by atoms with Gasteiger partial charge in [-0.3, -0.25) is 4.68 Å². The third-order valence-corrected chi connectivity index (χ3v) is 6.67. The minimum absolute atomic E-state index is 0.177. The van der Waals surface area contributed by atoms with Crippen molar-refractivity contribution in [2.24, 2.45) is 0 Å². The third-order valence-electron chi connectivity index (χ3n) is 4.60. The van der Waals surface area contributed by atoms with Crippen LogP contribution in [-0.4, -0.2) is 38.5 Å². The average molecular weight is 454 g/mol. The van der Waals surface area contributed by atoms with Gasteiger partial charge in [0.1, 0.15) is 0 Å².